The van der Waals surface area contributed by atoms with Crippen LogP contribution < -0.4 is 5.32 Å². The Balaban J connectivity index is 1.72. The van der Waals surface area contributed by atoms with E-state index in [0.29, 0.717) is 5.38 Å². The number of alkyl halides is 1. The highest BCUT2D eigenvalue weighted by Crippen LogP contribution is 2.28. The lowest BCUT2D eigenvalue weighted by atomic mass is 10.1. The van der Waals surface area contributed by atoms with Gasteiger partial charge in [0.05, 0.1) is 6.54 Å². The summed E-state index contributed by atoms with van der Waals surface area (Å²) in [5.41, 5.74) is 0. The van der Waals surface area contributed by atoms with Crippen molar-refractivity contribution in [2.75, 3.05) is 6.54 Å². The predicted octanol–water partition coefficient (Wildman–Crippen LogP) is 2.19. The Labute approximate surface area is 108 Å². The van der Waals surface area contributed by atoms with Gasteiger partial charge < -0.3 is 5.32 Å². The largest absolute Gasteiger partial charge is 0.310 e. The summed E-state index contributed by atoms with van der Waals surface area (Å²) in [4.78, 5) is 4.28. The first-order chi connectivity index (χ1) is 8.29. The van der Waals surface area contributed by atoms with Crippen LogP contribution >= 0.6 is 11.6 Å². The molecule has 0 aromatic carbocycles. The first-order valence-corrected chi connectivity index (χ1v) is 6.94. The van der Waals surface area contributed by atoms with Crippen LogP contribution in [0, 0.1) is 5.92 Å². The number of rotatable bonds is 6. The Morgan fingerprint density at radius 3 is 3.12 bits per heavy atom. The lowest BCUT2D eigenvalue weighted by Gasteiger charge is -2.10. The zero-order chi connectivity index (χ0) is 12.1. The topological polar surface area (TPSA) is 42.7 Å². The Hall–Kier alpha value is -0.610. The summed E-state index contributed by atoms with van der Waals surface area (Å²) in [5.74, 6) is 1.77. The molecule has 2 atom stereocenters. The fourth-order valence-electron chi connectivity index (χ4n) is 2.41. The average Bonchev–Trinajstić information content (AvgIpc) is 2.90. The summed E-state index contributed by atoms with van der Waals surface area (Å²) in [7, 11) is 0. The smallest absolute Gasteiger partial charge is 0.140 e. The Morgan fingerprint density at radius 2 is 2.41 bits per heavy atom. The Bertz CT molecular complexity index is 339. The minimum Gasteiger partial charge on any atom is -0.310 e. The molecule has 2 unspecified atom stereocenters. The predicted molar refractivity (Wildman–Crippen MR) is 69.0 cm³/mol. The third-order valence-electron chi connectivity index (χ3n) is 3.32. The summed E-state index contributed by atoms with van der Waals surface area (Å²) in [6, 6.07) is 0. The van der Waals surface area contributed by atoms with Gasteiger partial charge in [0.1, 0.15) is 12.2 Å². The maximum absolute atomic E-state index is 6.10. The molecule has 1 aromatic rings. The van der Waals surface area contributed by atoms with E-state index in [0.717, 1.165) is 44.2 Å². The molecule has 96 valence electrons. The van der Waals surface area contributed by atoms with Crippen LogP contribution in [0.1, 0.15) is 38.4 Å². The van der Waals surface area contributed by atoms with Gasteiger partial charge in [-0.3, -0.25) is 0 Å². The third-order valence-corrected chi connectivity index (χ3v) is 3.72. The lowest BCUT2D eigenvalue weighted by Crippen LogP contribution is -2.23. The van der Waals surface area contributed by atoms with Crippen LogP contribution in [0.25, 0.3) is 0 Å². The number of nitrogens with one attached hydrogen (secondary N) is 1. The van der Waals surface area contributed by atoms with Crippen LogP contribution in [-0.4, -0.2) is 26.7 Å². The Kier molecular flexibility index (Phi) is 4.80. The normalized spacial score (nSPS) is 24.4. The summed E-state index contributed by atoms with van der Waals surface area (Å²) in [6.07, 6.45) is 6.29. The van der Waals surface area contributed by atoms with Gasteiger partial charge in [-0.25, -0.2) is 9.67 Å². The number of hydrogen-bond donors (Lipinski definition) is 1. The minimum atomic E-state index is 0.394. The van der Waals surface area contributed by atoms with E-state index in [9.17, 15) is 0 Å². The van der Waals surface area contributed by atoms with Crippen LogP contribution in [0.4, 0.5) is 0 Å². The molecule has 2 rings (SSSR count). The number of nitrogens with zero attached hydrogens (tertiary/aromatic N) is 3. The molecule has 1 aliphatic rings. The molecule has 0 bridgehead atoms. The monoisotopic (exact) mass is 256 g/mol. The molecule has 0 aliphatic heterocycles. The van der Waals surface area contributed by atoms with Crippen LogP contribution in [0.2, 0.25) is 0 Å². The van der Waals surface area contributed by atoms with E-state index in [-0.39, 0.29) is 0 Å². The highest BCUT2D eigenvalue weighted by Gasteiger charge is 2.22. The molecule has 1 aromatic heterocycles. The van der Waals surface area contributed by atoms with E-state index < -0.39 is 0 Å². The van der Waals surface area contributed by atoms with Crippen LogP contribution in [0.5, 0.6) is 0 Å². The van der Waals surface area contributed by atoms with Crippen molar-refractivity contribution in [2.45, 2.75) is 51.1 Å². The van der Waals surface area contributed by atoms with Crippen molar-refractivity contribution in [3.63, 3.8) is 0 Å². The van der Waals surface area contributed by atoms with Crippen molar-refractivity contribution in [3.8, 4) is 0 Å². The molecule has 0 amide bonds. The summed E-state index contributed by atoms with van der Waals surface area (Å²) in [6.45, 7) is 4.95. The second kappa shape index (κ2) is 6.36. The van der Waals surface area contributed by atoms with E-state index in [1.54, 1.807) is 6.33 Å². The van der Waals surface area contributed by atoms with Gasteiger partial charge in [0.2, 0.25) is 0 Å². The van der Waals surface area contributed by atoms with Crippen molar-refractivity contribution in [2.24, 2.45) is 5.92 Å². The maximum atomic E-state index is 6.10. The molecular formula is C12H21ClN4. The molecule has 0 spiro atoms. The van der Waals surface area contributed by atoms with Crippen LogP contribution in [0.15, 0.2) is 6.33 Å². The van der Waals surface area contributed by atoms with Gasteiger partial charge in [0.25, 0.3) is 0 Å². The second-order valence-corrected chi connectivity index (χ2v) is 5.42. The molecular weight excluding hydrogens is 236 g/mol. The molecule has 1 heterocycles. The molecule has 0 saturated heterocycles. The summed E-state index contributed by atoms with van der Waals surface area (Å²) in [5, 5.41) is 8.07. The van der Waals surface area contributed by atoms with E-state index in [1.807, 2.05) is 4.68 Å². The van der Waals surface area contributed by atoms with Gasteiger partial charge in [0, 0.05) is 11.9 Å². The zero-order valence-electron chi connectivity index (χ0n) is 10.4. The number of hydrogen-bond acceptors (Lipinski definition) is 3. The average molecular weight is 257 g/mol. The SMILES string of the molecule is CCCn1ncnc1CNCC1CCC(Cl)C1. The zero-order valence-corrected chi connectivity index (χ0v) is 11.2. The highest BCUT2D eigenvalue weighted by atomic mass is 35.5. The van der Waals surface area contributed by atoms with E-state index in [2.05, 4.69) is 22.3 Å². The number of halogens is 1. The first kappa shape index (κ1) is 12.8. The molecule has 5 heteroatoms. The minimum absolute atomic E-state index is 0.394. The molecule has 17 heavy (non-hydrogen) atoms. The van der Waals surface area contributed by atoms with Crippen molar-refractivity contribution >= 4 is 11.6 Å². The van der Waals surface area contributed by atoms with Crippen molar-refractivity contribution in [1.82, 2.24) is 20.1 Å². The van der Waals surface area contributed by atoms with Gasteiger partial charge in [-0.2, -0.15) is 5.10 Å². The molecule has 0 radical (unpaired) electrons. The van der Waals surface area contributed by atoms with Crippen molar-refractivity contribution < 1.29 is 0 Å². The van der Waals surface area contributed by atoms with E-state index in [1.165, 1.54) is 12.8 Å². The second-order valence-electron chi connectivity index (χ2n) is 4.81. The van der Waals surface area contributed by atoms with Gasteiger partial charge in [-0.05, 0) is 38.1 Å². The Morgan fingerprint density at radius 1 is 1.53 bits per heavy atom. The van der Waals surface area contributed by atoms with E-state index in [4.69, 9.17) is 11.6 Å². The lowest BCUT2D eigenvalue weighted by molar-refractivity contribution is 0.470. The molecule has 4 nitrogen and oxygen atoms in total. The number of aromatic nitrogens is 3. The third kappa shape index (κ3) is 3.68. The highest BCUT2D eigenvalue weighted by molar-refractivity contribution is 6.20. The van der Waals surface area contributed by atoms with Gasteiger partial charge >= 0.3 is 0 Å². The molecule has 1 saturated carbocycles. The van der Waals surface area contributed by atoms with Gasteiger partial charge in [-0.15, -0.1) is 11.6 Å². The van der Waals surface area contributed by atoms with Crippen molar-refractivity contribution in [1.29, 1.82) is 0 Å². The number of aryl methyl sites for hydroxylation is 1. The fourth-order valence-corrected chi connectivity index (χ4v) is 2.79. The molecule has 1 aliphatic carbocycles. The maximum Gasteiger partial charge on any atom is 0.140 e. The van der Waals surface area contributed by atoms with Crippen molar-refractivity contribution in [3.05, 3.63) is 12.2 Å². The molecule has 1 N–H and O–H groups in total. The molecule has 1 fully saturated rings. The summed E-state index contributed by atoms with van der Waals surface area (Å²) < 4.78 is 1.98. The van der Waals surface area contributed by atoms with Crippen LogP contribution in [-0.2, 0) is 13.1 Å². The van der Waals surface area contributed by atoms with Gasteiger partial charge in [0.15, 0.2) is 0 Å². The standard InChI is InChI=1S/C12H21ClN4/c1-2-5-17-12(15-9-16-17)8-14-7-10-3-4-11(13)6-10/h9-11,14H,2-8H2,1H3. The van der Waals surface area contributed by atoms with Crippen LogP contribution in [0.3, 0.4) is 0 Å². The first-order valence-electron chi connectivity index (χ1n) is 6.51. The quantitative estimate of drug-likeness (QED) is 0.794. The van der Waals surface area contributed by atoms with E-state index >= 15 is 0 Å². The summed E-state index contributed by atoms with van der Waals surface area (Å²) >= 11 is 6.10. The van der Waals surface area contributed by atoms with Gasteiger partial charge in [-0.1, -0.05) is 6.92 Å². The fraction of sp³-hybridized carbons (Fsp3) is 0.833.